The summed E-state index contributed by atoms with van der Waals surface area (Å²) in [6.07, 6.45) is 2.06. The fraction of sp³-hybridized carbons (Fsp3) is 0.174. The second-order valence-electron chi connectivity index (χ2n) is 6.59. The summed E-state index contributed by atoms with van der Waals surface area (Å²) in [7, 11) is 0. The topological polar surface area (TPSA) is 69.6 Å². The average Bonchev–Trinajstić information content (AvgIpc) is 2.70. The largest absolute Gasteiger partial charge is 0.394 e. The maximum atomic E-state index is 12.4. The highest BCUT2D eigenvalue weighted by atomic mass is 16.3. The highest BCUT2D eigenvalue weighted by molar-refractivity contribution is 5.92. The molecule has 2 atom stereocenters. The van der Waals surface area contributed by atoms with E-state index in [1.807, 2.05) is 73.7 Å². The Hall–Kier alpha value is -2.95. The molecule has 0 fully saturated rings. The molecular weight excluding hydrogens is 338 g/mol. The molecule has 3 aromatic rings. The molecule has 4 nitrogen and oxygen atoms in total. The quantitative estimate of drug-likeness (QED) is 0.590. The second kappa shape index (κ2) is 8.62. The minimum Gasteiger partial charge on any atom is -0.394 e. The lowest BCUT2D eigenvalue weighted by atomic mass is 9.98. The molecule has 0 aromatic heterocycles. The van der Waals surface area contributed by atoms with Gasteiger partial charge in [0.25, 0.3) is 0 Å². The average molecular weight is 361 g/mol. The van der Waals surface area contributed by atoms with Gasteiger partial charge in [-0.3, -0.25) is 4.79 Å². The Morgan fingerprint density at radius 2 is 1.74 bits per heavy atom. The van der Waals surface area contributed by atoms with E-state index in [1.54, 1.807) is 6.08 Å². The molecule has 1 amide bonds. The van der Waals surface area contributed by atoms with E-state index in [9.17, 15) is 15.0 Å². The van der Waals surface area contributed by atoms with Crippen LogP contribution >= 0.6 is 0 Å². The summed E-state index contributed by atoms with van der Waals surface area (Å²) in [6.45, 7) is 1.56. The van der Waals surface area contributed by atoms with Gasteiger partial charge in [-0.25, -0.2) is 0 Å². The van der Waals surface area contributed by atoms with E-state index in [0.717, 1.165) is 27.5 Å². The molecule has 3 aromatic carbocycles. The van der Waals surface area contributed by atoms with Crippen LogP contribution in [0.25, 0.3) is 16.8 Å². The lowest BCUT2D eigenvalue weighted by molar-refractivity contribution is -0.118. The van der Waals surface area contributed by atoms with Crippen molar-refractivity contribution in [2.45, 2.75) is 19.1 Å². The van der Waals surface area contributed by atoms with Crippen LogP contribution in [0.1, 0.15) is 22.7 Å². The molecule has 138 valence electrons. The monoisotopic (exact) mass is 361 g/mol. The third-order valence-corrected chi connectivity index (χ3v) is 4.51. The van der Waals surface area contributed by atoms with Crippen LogP contribution in [0.3, 0.4) is 0 Å². The fourth-order valence-electron chi connectivity index (χ4n) is 2.96. The summed E-state index contributed by atoms with van der Waals surface area (Å²) in [5.74, 6) is -0.332. The van der Waals surface area contributed by atoms with Gasteiger partial charge in [-0.2, -0.15) is 0 Å². The molecule has 3 rings (SSSR count). The summed E-state index contributed by atoms with van der Waals surface area (Å²) in [4.78, 5) is 12.4. The smallest absolute Gasteiger partial charge is 0.244 e. The predicted octanol–water partition coefficient (Wildman–Crippen LogP) is 3.37. The molecule has 0 aliphatic heterocycles. The molecular formula is C23H23NO3. The van der Waals surface area contributed by atoms with Gasteiger partial charge in [0, 0.05) is 6.08 Å². The summed E-state index contributed by atoms with van der Waals surface area (Å²) in [6, 6.07) is 20.7. The number of nitrogens with one attached hydrogen (secondary N) is 1. The van der Waals surface area contributed by atoms with Gasteiger partial charge in [-0.15, -0.1) is 0 Å². The number of benzene rings is 3. The predicted molar refractivity (Wildman–Crippen MR) is 108 cm³/mol. The van der Waals surface area contributed by atoms with Gasteiger partial charge in [0.2, 0.25) is 5.91 Å². The number of rotatable bonds is 6. The number of hydrogen-bond donors (Lipinski definition) is 3. The van der Waals surface area contributed by atoms with Gasteiger partial charge in [-0.05, 0) is 41.0 Å². The molecule has 3 N–H and O–H groups in total. The first kappa shape index (κ1) is 18.8. The number of aryl methyl sites for hydroxylation is 1. The van der Waals surface area contributed by atoms with Crippen LogP contribution in [-0.2, 0) is 4.79 Å². The molecule has 4 heteroatoms. The zero-order chi connectivity index (χ0) is 19.2. The van der Waals surface area contributed by atoms with Crippen molar-refractivity contribution in [3.8, 4) is 0 Å². The Kier molecular flexibility index (Phi) is 6.01. The Balaban J connectivity index is 1.79. The van der Waals surface area contributed by atoms with Gasteiger partial charge in [0.05, 0.1) is 12.6 Å². The highest BCUT2D eigenvalue weighted by Gasteiger charge is 2.22. The van der Waals surface area contributed by atoms with Gasteiger partial charge in [0.1, 0.15) is 6.10 Å². The van der Waals surface area contributed by atoms with Gasteiger partial charge < -0.3 is 15.5 Å². The van der Waals surface area contributed by atoms with Crippen molar-refractivity contribution in [2.75, 3.05) is 6.61 Å². The molecule has 0 aliphatic carbocycles. The van der Waals surface area contributed by atoms with Crippen LogP contribution in [0.15, 0.2) is 72.8 Å². The van der Waals surface area contributed by atoms with Gasteiger partial charge >= 0.3 is 0 Å². The second-order valence-corrected chi connectivity index (χ2v) is 6.59. The number of amides is 1. The van der Waals surface area contributed by atoms with E-state index >= 15 is 0 Å². The third kappa shape index (κ3) is 4.82. The first-order valence-electron chi connectivity index (χ1n) is 8.89. The van der Waals surface area contributed by atoms with Crippen molar-refractivity contribution >= 4 is 22.8 Å². The van der Waals surface area contributed by atoms with Gasteiger partial charge in [-0.1, -0.05) is 66.2 Å². The number of carbonyl (C=O) groups is 1. The zero-order valence-corrected chi connectivity index (χ0v) is 15.2. The fourth-order valence-corrected chi connectivity index (χ4v) is 2.96. The number of carbonyl (C=O) groups excluding carboxylic acids is 1. The molecule has 0 unspecified atom stereocenters. The summed E-state index contributed by atoms with van der Waals surface area (Å²) < 4.78 is 0. The van der Waals surface area contributed by atoms with Crippen molar-refractivity contribution in [3.05, 3.63) is 89.5 Å². The van der Waals surface area contributed by atoms with Crippen LogP contribution in [-0.4, -0.2) is 28.8 Å². The maximum absolute atomic E-state index is 12.4. The van der Waals surface area contributed by atoms with E-state index < -0.39 is 18.8 Å². The normalized spacial score (nSPS) is 13.6. The summed E-state index contributed by atoms with van der Waals surface area (Å²) in [5, 5.41) is 24.5. The maximum Gasteiger partial charge on any atom is 0.244 e. The standard InChI is InChI=1S/C23H23NO3/c1-16-6-8-17(9-7-16)10-13-22(27)24-23(21(26)15-25)20-12-11-18-4-2-3-5-19(18)14-20/h2-14,21,23,25-26H,15H2,1H3,(H,24,27)/t21-,23-/m1/s1. The Morgan fingerprint density at radius 1 is 1.04 bits per heavy atom. The van der Waals surface area contributed by atoms with Crippen molar-refractivity contribution < 1.29 is 15.0 Å². The first-order chi connectivity index (χ1) is 13.1. The minimum absolute atomic E-state index is 0.332. The first-order valence-corrected chi connectivity index (χ1v) is 8.89. The lowest BCUT2D eigenvalue weighted by Gasteiger charge is -2.23. The number of aliphatic hydroxyl groups is 2. The van der Waals surface area contributed by atoms with E-state index in [1.165, 1.54) is 6.08 Å². The highest BCUT2D eigenvalue weighted by Crippen LogP contribution is 2.23. The van der Waals surface area contributed by atoms with Crippen LogP contribution in [0, 0.1) is 6.92 Å². The number of fused-ring (bicyclic) bond motifs is 1. The van der Waals surface area contributed by atoms with Crippen molar-refractivity contribution in [2.24, 2.45) is 0 Å². The van der Waals surface area contributed by atoms with Crippen molar-refractivity contribution in [1.29, 1.82) is 0 Å². The molecule has 0 heterocycles. The zero-order valence-electron chi connectivity index (χ0n) is 15.2. The number of aliphatic hydroxyl groups excluding tert-OH is 2. The molecule has 0 spiro atoms. The van der Waals surface area contributed by atoms with Crippen LogP contribution < -0.4 is 5.32 Å². The third-order valence-electron chi connectivity index (χ3n) is 4.51. The molecule has 0 aliphatic rings. The van der Waals surface area contributed by atoms with Crippen molar-refractivity contribution in [1.82, 2.24) is 5.32 Å². The molecule has 0 bridgehead atoms. The van der Waals surface area contributed by atoms with E-state index in [2.05, 4.69) is 5.32 Å². The van der Waals surface area contributed by atoms with Crippen LogP contribution in [0.5, 0.6) is 0 Å². The van der Waals surface area contributed by atoms with Crippen LogP contribution in [0.2, 0.25) is 0 Å². The number of hydrogen-bond acceptors (Lipinski definition) is 3. The molecule has 0 saturated heterocycles. The molecule has 27 heavy (non-hydrogen) atoms. The van der Waals surface area contributed by atoms with E-state index in [4.69, 9.17) is 0 Å². The SMILES string of the molecule is Cc1ccc(C=CC(=O)N[C@H](c2ccc3ccccc3c2)[C@H](O)CO)cc1. The minimum atomic E-state index is -1.09. The van der Waals surface area contributed by atoms with Gasteiger partial charge in [0.15, 0.2) is 0 Å². The van der Waals surface area contributed by atoms with Crippen molar-refractivity contribution in [3.63, 3.8) is 0 Å². The molecule has 0 radical (unpaired) electrons. The van der Waals surface area contributed by atoms with E-state index in [-0.39, 0.29) is 5.91 Å². The Labute approximate surface area is 158 Å². The van der Waals surface area contributed by atoms with E-state index in [0.29, 0.717) is 0 Å². The molecule has 0 saturated carbocycles. The Morgan fingerprint density at radius 3 is 2.44 bits per heavy atom. The lowest BCUT2D eigenvalue weighted by Crippen LogP contribution is -2.37. The summed E-state index contributed by atoms with van der Waals surface area (Å²) in [5.41, 5.74) is 2.81. The summed E-state index contributed by atoms with van der Waals surface area (Å²) >= 11 is 0. The Bertz CT molecular complexity index is 947. The van der Waals surface area contributed by atoms with Crippen LogP contribution in [0.4, 0.5) is 0 Å².